The summed E-state index contributed by atoms with van der Waals surface area (Å²) in [5, 5.41) is 2.96. The summed E-state index contributed by atoms with van der Waals surface area (Å²) in [6.07, 6.45) is 13.5. The van der Waals surface area contributed by atoms with Gasteiger partial charge in [-0.1, -0.05) is 39.3 Å². The molecule has 5 rings (SSSR count). The number of rotatable bonds is 7. The van der Waals surface area contributed by atoms with Crippen molar-refractivity contribution >= 4 is 11.9 Å². The van der Waals surface area contributed by atoms with Crippen LogP contribution in [0.4, 0.5) is 0 Å². The zero-order valence-corrected chi connectivity index (χ0v) is 24.0. The number of ether oxygens (including phenoxy) is 2. The molecule has 37 heavy (non-hydrogen) atoms. The Bertz CT molecular complexity index is 983. The van der Waals surface area contributed by atoms with Crippen LogP contribution in [0.15, 0.2) is 23.0 Å². The predicted molar refractivity (Wildman–Crippen MR) is 145 cm³/mol. The Morgan fingerprint density at radius 2 is 2.00 bits per heavy atom. The van der Waals surface area contributed by atoms with E-state index in [2.05, 4.69) is 39.1 Å². The fourth-order valence-electron chi connectivity index (χ4n) is 9.38. The van der Waals surface area contributed by atoms with Gasteiger partial charge < -0.3 is 14.8 Å². The van der Waals surface area contributed by atoms with E-state index in [4.69, 9.17) is 9.47 Å². The SMILES string of the molecule is CCC(=O)O[C@H]1CC[C@@]2(C)C(=CC[C@@H]3[C@H]4C[C@@H]5OC(CC[C@@H](C)CNC(C)=O)=C(C)[C@H]5[C@@]4(C)CC[C@H]32)C1. The lowest BCUT2D eigenvalue weighted by Crippen LogP contribution is -2.50. The molecule has 5 heteroatoms. The van der Waals surface area contributed by atoms with Crippen LogP contribution in [0, 0.1) is 40.4 Å². The molecule has 0 radical (unpaired) electrons. The normalized spacial score (nSPS) is 41.0. The van der Waals surface area contributed by atoms with Gasteiger partial charge in [-0.2, -0.15) is 0 Å². The van der Waals surface area contributed by atoms with Crippen LogP contribution in [0.2, 0.25) is 0 Å². The first kappa shape index (κ1) is 26.8. The molecule has 1 heterocycles. The quantitative estimate of drug-likeness (QED) is 0.304. The van der Waals surface area contributed by atoms with Crippen LogP contribution in [-0.4, -0.2) is 30.6 Å². The van der Waals surface area contributed by atoms with Crippen molar-refractivity contribution in [2.24, 2.45) is 40.4 Å². The van der Waals surface area contributed by atoms with Crippen molar-refractivity contribution in [3.63, 3.8) is 0 Å². The van der Waals surface area contributed by atoms with Crippen LogP contribution in [0.5, 0.6) is 0 Å². The molecule has 206 valence electrons. The maximum atomic E-state index is 11.9. The van der Waals surface area contributed by atoms with E-state index in [-0.39, 0.29) is 23.4 Å². The number of allylic oxidation sites excluding steroid dienone is 2. The van der Waals surface area contributed by atoms with Crippen LogP contribution in [-0.2, 0) is 19.1 Å². The Morgan fingerprint density at radius 1 is 1.22 bits per heavy atom. The lowest BCUT2D eigenvalue weighted by atomic mass is 9.47. The Labute approximate surface area is 224 Å². The van der Waals surface area contributed by atoms with E-state index in [1.807, 2.05) is 6.92 Å². The molecule has 0 aromatic rings. The third-order valence-electron chi connectivity index (χ3n) is 11.4. The minimum Gasteiger partial charge on any atom is -0.494 e. The standard InChI is InChI=1S/C32H49NO4/c1-7-29(35)36-23-12-14-31(5)22(16-23)9-10-24-25(31)13-15-32(6)26(24)17-28-30(32)20(3)27(37-28)11-8-19(2)18-33-21(4)34/h9,19,23-26,28,30H,7-8,10-18H2,1-6H3,(H,33,34)/t19-,23+,24+,25-,26-,28+,30-,31+,32+/m1/s1. The highest BCUT2D eigenvalue weighted by Crippen LogP contribution is 2.69. The molecule has 0 unspecified atom stereocenters. The van der Waals surface area contributed by atoms with Gasteiger partial charge in [-0.15, -0.1) is 0 Å². The molecule has 5 aliphatic rings. The molecule has 0 aromatic heterocycles. The maximum absolute atomic E-state index is 11.9. The highest BCUT2D eigenvalue weighted by Gasteiger charge is 2.63. The van der Waals surface area contributed by atoms with Crippen molar-refractivity contribution in [3.8, 4) is 0 Å². The summed E-state index contributed by atoms with van der Waals surface area (Å²) in [4.78, 5) is 23.2. The third kappa shape index (κ3) is 4.67. The highest BCUT2D eigenvalue weighted by molar-refractivity contribution is 5.72. The van der Waals surface area contributed by atoms with Crippen LogP contribution in [0.1, 0.15) is 106 Å². The first-order valence-electron chi connectivity index (χ1n) is 15.1. The number of amides is 1. The van der Waals surface area contributed by atoms with E-state index in [0.29, 0.717) is 29.8 Å². The second-order valence-corrected chi connectivity index (χ2v) is 13.6. The maximum Gasteiger partial charge on any atom is 0.305 e. The molecular formula is C32H49NO4. The Kier molecular flexibility index (Phi) is 7.30. The molecular weight excluding hydrogens is 462 g/mol. The molecule has 0 saturated heterocycles. The summed E-state index contributed by atoms with van der Waals surface area (Å²) in [6, 6.07) is 0. The Balaban J connectivity index is 1.28. The van der Waals surface area contributed by atoms with E-state index in [1.54, 1.807) is 12.5 Å². The van der Waals surface area contributed by atoms with Crippen molar-refractivity contribution in [1.82, 2.24) is 5.32 Å². The number of hydrogen-bond donors (Lipinski definition) is 1. The molecule has 4 aliphatic carbocycles. The summed E-state index contributed by atoms with van der Waals surface area (Å²) in [5.74, 6) is 4.45. The molecule has 3 fully saturated rings. The van der Waals surface area contributed by atoms with E-state index < -0.39 is 0 Å². The smallest absolute Gasteiger partial charge is 0.305 e. The Morgan fingerprint density at radius 3 is 2.73 bits per heavy atom. The number of hydrogen-bond acceptors (Lipinski definition) is 4. The summed E-state index contributed by atoms with van der Waals surface area (Å²) in [6.45, 7) is 13.9. The largest absolute Gasteiger partial charge is 0.494 e. The topological polar surface area (TPSA) is 64.6 Å². The number of nitrogens with one attached hydrogen (secondary N) is 1. The van der Waals surface area contributed by atoms with Gasteiger partial charge in [0.15, 0.2) is 0 Å². The van der Waals surface area contributed by atoms with Crippen molar-refractivity contribution in [3.05, 3.63) is 23.0 Å². The number of carbonyl (C=O) groups excluding carboxylic acids is 2. The summed E-state index contributed by atoms with van der Waals surface area (Å²) in [5.41, 5.74) is 3.67. The van der Waals surface area contributed by atoms with Crippen LogP contribution >= 0.6 is 0 Å². The number of esters is 1. The average molecular weight is 512 g/mol. The van der Waals surface area contributed by atoms with Gasteiger partial charge in [0.25, 0.3) is 0 Å². The van der Waals surface area contributed by atoms with Gasteiger partial charge in [-0.05, 0) is 91.9 Å². The molecule has 1 N–H and O–H groups in total. The van der Waals surface area contributed by atoms with Gasteiger partial charge in [0.2, 0.25) is 5.91 Å². The summed E-state index contributed by atoms with van der Waals surface area (Å²) in [7, 11) is 0. The molecule has 9 atom stereocenters. The second kappa shape index (κ2) is 10.1. The first-order chi connectivity index (χ1) is 17.6. The van der Waals surface area contributed by atoms with Gasteiger partial charge in [-0.3, -0.25) is 9.59 Å². The van der Waals surface area contributed by atoms with E-state index in [9.17, 15) is 9.59 Å². The monoisotopic (exact) mass is 511 g/mol. The minimum atomic E-state index is -0.0567. The fourth-order valence-corrected chi connectivity index (χ4v) is 9.38. The van der Waals surface area contributed by atoms with Crippen molar-refractivity contribution in [2.75, 3.05) is 6.54 Å². The summed E-state index contributed by atoms with van der Waals surface area (Å²) >= 11 is 0. The fraction of sp³-hybridized carbons (Fsp3) is 0.812. The summed E-state index contributed by atoms with van der Waals surface area (Å²) < 4.78 is 12.5. The minimum absolute atomic E-state index is 0.0509. The molecule has 0 bridgehead atoms. The predicted octanol–water partition coefficient (Wildman–Crippen LogP) is 6.72. The molecule has 1 aliphatic heterocycles. The van der Waals surface area contributed by atoms with Gasteiger partial charge in [0.05, 0.1) is 5.76 Å². The van der Waals surface area contributed by atoms with Gasteiger partial charge in [0.1, 0.15) is 12.2 Å². The van der Waals surface area contributed by atoms with Crippen LogP contribution in [0.3, 0.4) is 0 Å². The van der Waals surface area contributed by atoms with Crippen molar-refractivity contribution in [1.29, 1.82) is 0 Å². The molecule has 5 nitrogen and oxygen atoms in total. The molecule has 0 spiro atoms. The lowest BCUT2D eigenvalue weighted by molar-refractivity contribution is -0.151. The van der Waals surface area contributed by atoms with E-state index in [0.717, 1.165) is 56.4 Å². The van der Waals surface area contributed by atoms with E-state index >= 15 is 0 Å². The van der Waals surface area contributed by atoms with Gasteiger partial charge in [0, 0.05) is 38.6 Å². The van der Waals surface area contributed by atoms with Crippen molar-refractivity contribution in [2.45, 2.75) is 118 Å². The van der Waals surface area contributed by atoms with E-state index in [1.165, 1.54) is 37.0 Å². The third-order valence-corrected chi connectivity index (χ3v) is 11.4. The second-order valence-electron chi connectivity index (χ2n) is 13.6. The highest BCUT2D eigenvalue weighted by atomic mass is 16.5. The number of fused-ring (bicyclic) bond motifs is 7. The van der Waals surface area contributed by atoms with Gasteiger partial charge in [-0.25, -0.2) is 0 Å². The number of carbonyl (C=O) groups is 2. The van der Waals surface area contributed by atoms with Crippen LogP contribution < -0.4 is 5.32 Å². The van der Waals surface area contributed by atoms with Crippen molar-refractivity contribution < 1.29 is 19.1 Å². The van der Waals surface area contributed by atoms with Gasteiger partial charge >= 0.3 is 5.97 Å². The first-order valence-corrected chi connectivity index (χ1v) is 15.1. The zero-order chi connectivity index (χ0) is 26.5. The molecule has 3 saturated carbocycles. The van der Waals surface area contributed by atoms with Crippen LogP contribution in [0.25, 0.3) is 0 Å². The molecule has 1 amide bonds. The lowest BCUT2D eigenvalue weighted by Gasteiger charge is -2.58. The Hall–Kier alpha value is -1.78. The average Bonchev–Trinajstić information content (AvgIpc) is 3.34. The molecule has 0 aromatic carbocycles. The zero-order valence-electron chi connectivity index (χ0n) is 24.0.